The van der Waals surface area contributed by atoms with Crippen LogP contribution in [-0.4, -0.2) is 12.4 Å². The second-order valence-electron chi connectivity index (χ2n) is 3.17. The van der Waals surface area contributed by atoms with Gasteiger partial charge in [-0.25, -0.2) is 0 Å². The van der Waals surface area contributed by atoms with Gasteiger partial charge in [0, 0.05) is 10.9 Å². The van der Waals surface area contributed by atoms with E-state index in [4.69, 9.17) is 16.3 Å². The summed E-state index contributed by atoms with van der Waals surface area (Å²) in [6.45, 7) is 0. The molecule has 2 nitrogen and oxygen atoms in total. The molecule has 76 valence electrons. The lowest BCUT2D eigenvalue weighted by Gasteiger charge is -2.05. The summed E-state index contributed by atoms with van der Waals surface area (Å²) in [7, 11) is 1.60. The SMILES string of the molecule is COc1cccc2ccc(C(=O)Cl)cc12. The fraction of sp³-hybridized carbons (Fsp3) is 0.0833. The number of ether oxygens (including phenoxy) is 1. The summed E-state index contributed by atoms with van der Waals surface area (Å²) in [5, 5.41) is 1.46. The van der Waals surface area contributed by atoms with Crippen molar-refractivity contribution in [3.8, 4) is 5.75 Å². The highest BCUT2D eigenvalue weighted by molar-refractivity contribution is 6.67. The number of carbonyl (C=O) groups excluding carboxylic acids is 1. The number of methoxy groups -OCH3 is 1. The summed E-state index contributed by atoms with van der Waals surface area (Å²) in [6, 6.07) is 11.0. The van der Waals surface area contributed by atoms with Gasteiger partial charge in [0.05, 0.1) is 7.11 Å². The molecule has 0 bridgehead atoms. The second kappa shape index (κ2) is 3.91. The normalized spacial score (nSPS) is 10.3. The molecule has 0 saturated carbocycles. The molecule has 0 unspecified atom stereocenters. The minimum Gasteiger partial charge on any atom is -0.496 e. The molecule has 0 heterocycles. The van der Waals surface area contributed by atoms with E-state index in [0.29, 0.717) is 5.56 Å². The maximum absolute atomic E-state index is 11.0. The Kier molecular flexibility index (Phi) is 2.60. The van der Waals surface area contributed by atoms with Gasteiger partial charge in [-0.05, 0) is 35.2 Å². The number of carbonyl (C=O) groups is 1. The molecule has 15 heavy (non-hydrogen) atoms. The van der Waals surface area contributed by atoms with Gasteiger partial charge in [0.2, 0.25) is 0 Å². The van der Waals surface area contributed by atoms with Crippen molar-refractivity contribution in [3.63, 3.8) is 0 Å². The molecule has 0 amide bonds. The lowest BCUT2D eigenvalue weighted by molar-refractivity contribution is 0.108. The number of rotatable bonds is 2. The molecule has 3 heteroatoms. The van der Waals surface area contributed by atoms with E-state index < -0.39 is 5.24 Å². The lowest BCUT2D eigenvalue weighted by Crippen LogP contribution is -1.90. The van der Waals surface area contributed by atoms with Crippen LogP contribution in [0.2, 0.25) is 0 Å². The molecule has 0 fully saturated rings. The maximum Gasteiger partial charge on any atom is 0.252 e. The van der Waals surface area contributed by atoms with Crippen LogP contribution < -0.4 is 4.74 Å². The average molecular weight is 221 g/mol. The van der Waals surface area contributed by atoms with Gasteiger partial charge >= 0.3 is 0 Å². The molecule has 2 aromatic carbocycles. The van der Waals surface area contributed by atoms with Gasteiger partial charge in [-0.1, -0.05) is 18.2 Å². The molecule has 0 radical (unpaired) electrons. The molecular weight excluding hydrogens is 212 g/mol. The van der Waals surface area contributed by atoms with Crippen molar-refractivity contribution in [1.82, 2.24) is 0 Å². The number of hydrogen-bond donors (Lipinski definition) is 0. The molecule has 0 aromatic heterocycles. The van der Waals surface area contributed by atoms with Crippen LogP contribution >= 0.6 is 11.6 Å². The van der Waals surface area contributed by atoms with Gasteiger partial charge in [0.15, 0.2) is 0 Å². The third-order valence-corrected chi connectivity index (χ3v) is 2.51. The zero-order valence-corrected chi connectivity index (χ0v) is 8.91. The van der Waals surface area contributed by atoms with Crippen molar-refractivity contribution in [2.45, 2.75) is 0 Å². The van der Waals surface area contributed by atoms with Crippen LogP contribution in [0.1, 0.15) is 10.4 Å². The molecular formula is C12H9ClO2. The Hall–Kier alpha value is -1.54. The van der Waals surface area contributed by atoms with E-state index in [-0.39, 0.29) is 0 Å². The van der Waals surface area contributed by atoms with Gasteiger partial charge in [-0.15, -0.1) is 0 Å². The molecule has 0 spiro atoms. The Bertz CT molecular complexity index is 520. The number of benzene rings is 2. The first-order chi connectivity index (χ1) is 7.22. The van der Waals surface area contributed by atoms with Gasteiger partial charge in [-0.2, -0.15) is 0 Å². The van der Waals surface area contributed by atoms with E-state index >= 15 is 0 Å². The topological polar surface area (TPSA) is 26.3 Å². The first-order valence-corrected chi connectivity index (χ1v) is 4.87. The fourth-order valence-electron chi connectivity index (χ4n) is 1.54. The predicted octanol–water partition coefficient (Wildman–Crippen LogP) is 3.23. The first kappa shape index (κ1) is 9.99. The van der Waals surface area contributed by atoms with Crippen LogP contribution in [-0.2, 0) is 0 Å². The monoisotopic (exact) mass is 220 g/mol. The molecule has 0 saturated heterocycles. The van der Waals surface area contributed by atoms with E-state index in [1.54, 1.807) is 19.2 Å². The van der Waals surface area contributed by atoms with E-state index in [9.17, 15) is 4.79 Å². The summed E-state index contributed by atoms with van der Waals surface area (Å²) in [6.07, 6.45) is 0. The molecule has 0 N–H and O–H groups in total. The number of fused-ring (bicyclic) bond motifs is 1. The lowest BCUT2D eigenvalue weighted by atomic mass is 10.1. The van der Waals surface area contributed by atoms with E-state index in [1.807, 2.05) is 24.3 Å². The summed E-state index contributed by atoms with van der Waals surface area (Å²) >= 11 is 5.42. The second-order valence-corrected chi connectivity index (χ2v) is 3.51. The van der Waals surface area contributed by atoms with Crippen LogP contribution in [0.25, 0.3) is 10.8 Å². The highest BCUT2D eigenvalue weighted by Crippen LogP contribution is 2.26. The van der Waals surface area contributed by atoms with Crippen molar-refractivity contribution in [2.75, 3.05) is 7.11 Å². The third kappa shape index (κ3) is 1.81. The van der Waals surface area contributed by atoms with Crippen molar-refractivity contribution in [1.29, 1.82) is 0 Å². The van der Waals surface area contributed by atoms with Gasteiger partial charge < -0.3 is 4.74 Å². The average Bonchev–Trinajstić information content (AvgIpc) is 2.27. The van der Waals surface area contributed by atoms with Crippen molar-refractivity contribution in [3.05, 3.63) is 42.0 Å². The summed E-state index contributed by atoms with van der Waals surface area (Å²) in [5.74, 6) is 0.743. The Balaban J connectivity index is 2.72. The number of halogens is 1. The summed E-state index contributed by atoms with van der Waals surface area (Å²) < 4.78 is 5.21. The fourth-order valence-corrected chi connectivity index (χ4v) is 1.66. The predicted molar refractivity (Wildman–Crippen MR) is 60.7 cm³/mol. The molecule has 2 rings (SSSR count). The van der Waals surface area contributed by atoms with Crippen molar-refractivity contribution in [2.24, 2.45) is 0 Å². The Labute approximate surface area is 92.4 Å². The molecule has 0 atom stereocenters. The molecule has 0 aliphatic rings. The Morgan fingerprint density at radius 2 is 2.07 bits per heavy atom. The minimum atomic E-state index is -0.456. The standard InChI is InChI=1S/C12H9ClO2/c1-15-11-4-2-3-8-5-6-9(12(13)14)7-10(8)11/h2-7H,1H3. The van der Waals surface area contributed by atoms with Gasteiger partial charge in [0.25, 0.3) is 5.24 Å². The zero-order chi connectivity index (χ0) is 10.8. The molecule has 2 aromatic rings. The minimum absolute atomic E-state index is 0.456. The Morgan fingerprint density at radius 1 is 1.27 bits per heavy atom. The van der Waals surface area contributed by atoms with Crippen molar-refractivity contribution < 1.29 is 9.53 Å². The van der Waals surface area contributed by atoms with Crippen molar-refractivity contribution >= 4 is 27.6 Å². The molecule has 0 aliphatic heterocycles. The van der Waals surface area contributed by atoms with Crippen LogP contribution in [0.3, 0.4) is 0 Å². The maximum atomic E-state index is 11.0. The quantitative estimate of drug-likeness (QED) is 0.727. The third-order valence-electron chi connectivity index (χ3n) is 2.29. The number of hydrogen-bond acceptors (Lipinski definition) is 2. The smallest absolute Gasteiger partial charge is 0.252 e. The highest BCUT2D eigenvalue weighted by atomic mass is 35.5. The van der Waals surface area contributed by atoms with E-state index in [0.717, 1.165) is 16.5 Å². The Morgan fingerprint density at radius 3 is 2.73 bits per heavy atom. The van der Waals surface area contributed by atoms with E-state index in [2.05, 4.69) is 0 Å². The van der Waals surface area contributed by atoms with E-state index in [1.165, 1.54) is 0 Å². The molecule has 0 aliphatic carbocycles. The summed E-state index contributed by atoms with van der Waals surface area (Å²) in [4.78, 5) is 11.0. The highest BCUT2D eigenvalue weighted by Gasteiger charge is 2.05. The zero-order valence-electron chi connectivity index (χ0n) is 8.16. The van der Waals surface area contributed by atoms with Gasteiger partial charge in [-0.3, -0.25) is 4.79 Å². The van der Waals surface area contributed by atoms with Crippen LogP contribution in [0.5, 0.6) is 5.75 Å². The van der Waals surface area contributed by atoms with Gasteiger partial charge in [0.1, 0.15) is 5.75 Å². The van der Waals surface area contributed by atoms with Crippen LogP contribution in [0.4, 0.5) is 0 Å². The first-order valence-electron chi connectivity index (χ1n) is 4.49. The van der Waals surface area contributed by atoms with Crippen LogP contribution in [0, 0.1) is 0 Å². The summed E-state index contributed by atoms with van der Waals surface area (Å²) in [5.41, 5.74) is 0.480. The largest absolute Gasteiger partial charge is 0.496 e. The van der Waals surface area contributed by atoms with Crippen LogP contribution in [0.15, 0.2) is 36.4 Å².